The van der Waals surface area contributed by atoms with Gasteiger partial charge in [0, 0.05) is 6.04 Å². The van der Waals surface area contributed by atoms with Crippen molar-refractivity contribution in [1.29, 1.82) is 0 Å². The standard InChI is InChI=1S/C19H30N2/c1-19(2,3)17-8-6-14(7-9-17)18(21-20)12-16-11-13-4-5-15(16)10-13/h6-9,13,15-16,18,21H,4-5,10-12,20H2,1-3H3. The Kier molecular flexibility index (Phi) is 4.11. The van der Waals surface area contributed by atoms with Crippen LogP contribution in [0.3, 0.4) is 0 Å². The van der Waals surface area contributed by atoms with Crippen LogP contribution < -0.4 is 11.3 Å². The normalized spacial score (nSPS) is 29.8. The molecule has 3 N–H and O–H groups in total. The van der Waals surface area contributed by atoms with Crippen LogP contribution in [0.25, 0.3) is 0 Å². The summed E-state index contributed by atoms with van der Waals surface area (Å²) in [5, 5.41) is 0. The highest BCUT2D eigenvalue weighted by Gasteiger charge is 2.40. The van der Waals surface area contributed by atoms with Gasteiger partial charge in [-0.2, -0.15) is 0 Å². The smallest absolute Gasteiger partial charge is 0.0462 e. The van der Waals surface area contributed by atoms with E-state index in [1.165, 1.54) is 43.2 Å². The van der Waals surface area contributed by atoms with E-state index >= 15 is 0 Å². The zero-order chi connectivity index (χ0) is 15.0. The quantitative estimate of drug-likeness (QED) is 0.639. The summed E-state index contributed by atoms with van der Waals surface area (Å²) < 4.78 is 0. The van der Waals surface area contributed by atoms with Gasteiger partial charge in [0.1, 0.15) is 0 Å². The van der Waals surface area contributed by atoms with Gasteiger partial charge in [0.15, 0.2) is 0 Å². The summed E-state index contributed by atoms with van der Waals surface area (Å²) in [6.45, 7) is 6.78. The van der Waals surface area contributed by atoms with Crippen molar-refractivity contribution < 1.29 is 0 Å². The molecule has 2 saturated carbocycles. The minimum absolute atomic E-state index is 0.217. The van der Waals surface area contributed by atoms with Gasteiger partial charge in [0.05, 0.1) is 0 Å². The van der Waals surface area contributed by atoms with E-state index in [0.29, 0.717) is 6.04 Å². The third-order valence-corrected chi connectivity index (χ3v) is 5.80. The molecule has 2 fully saturated rings. The Balaban J connectivity index is 1.68. The van der Waals surface area contributed by atoms with Crippen molar-refractivity contribution in [2.45, 2.75) is 64.3 Å². The number of hydrazine groups is 1. The van der Waals surface area contributed by atoms with E-state index in [-0.39, 0.29) is 5.41 Å². The molecule has 0 aliphatic heterocycles. The first-order chi connectivity index (χ1) is 9.97. The third-order valence-electron chi connectivity index (χ3n) is 5.80. The molecule has 3 rings (SSSR count). The van der Waals surface area contributed by atoms with Crippen LogP contribution in [0.5, 0.6) is 0 Å². The number of nitrogens with two attached hydrogens (primary N) is 1. The summed E-state index contributed by atoms with van der Waals surface area (Å²) in [6.07, 6.45) is 7.04. The highest BCUT2D eigenvalue weighted by atomic mass is 15.2. The molecule has 116 valence electrons. The predicted octanol–water partition coefficient (Wildman–Crippen LogP) is 4.31. The monoisotopic (exact) mass is 286 g/mol. The molecule has 0 spiro atoms. The molecule has 1 aromatic carbocycles. The Morgan fingerprint density at radius 3 is 2.33 bits per heavy atom. The minimum atomic E-state index is 0.217. The summed E-state index contributed by atoms with van der Waals surface area (Å²) in [7, 11) is 0. The van der Waals surface area contributed by atoms with Crippen LogP contribution in [0.4, 0.5) is 0 Å². The van der Waals surface area contributed by atoms with E-state index < -0.39 is 0 Å². The molecule has 0 heterocycles. The van der Waals surface area contributed by atoms with Gasteiger partial charge in [-0.15, -0.1) is 0 Å². The molecule has 2 aliphatic rings. The molecule has 2 nitrogen and oxygen atoms in total. The first-order valence-corrected chi connectivity index (χ1v) is 8.54. The molecule has 1 aromatic rings. The van der Waals surface area contributed by atoms with Gasteiger partial charge in [-0.25, -0.2) is 0 Å². The second-order valence-electron chi connectivity index (χ2n) is 8.26. The van der Waals surface area contributed by atoms with Gasteiger partial charge in [-0.05, 0) is 60.0 Å². The van der Waals surface area contributed by atoms with Crippen molar-refractivity contribution in [2.75, 3.05) is 0 Å². The van der Waals surface area contributed by atoms with Gasteiger partial charge >= 0.3 is 0 Å². The summed E-state index contributed by atoms with van der Waals surface area (Å²) in [6, 6.07) is 9.36. The molecule has 4 atom stereocenters. The van der Waals surface area contributed by atoms with Gasteiger partial charge < -0.3 is 0 Å². The second-order valence-corrected chi connectivity index (χ2v) is 8.26. The van der Waals surface area contributed by atoms with Gasteiger partial charge in [-0.3, -0.25) is 11.3 Å². The maximum atomic E-state index is 5.85. The van der Waals surface area contributed by atoms with Crippen LogP contribution in [0.1, 0.15) is 70.0 Å². The topological polar surface area (TPSA) is 38.0 Å². The molecule has 4 unspecified atom stereocenters. The van der Waals surface area contributed by atoms with Gasteiger partial charge in [0.25, 0.3) is 0 Å². The zero-order valence-corrected chi connectivity index (χ0v) is 13.7. The molecule has 2 aliphatic carbocycles. The SMILES string of the molecule is CC(C)(C)c1ccc(C(CC2CC3CCC2C3)NN)cc1. The average Bonchev–Trinajstić information content (AvgIpc) is 3.06. The average molecular weight is 286 g/mol. The van der Waals surface area contributed by atoms with E-state index in [1.807, 2.05) is 0 Å². The Morgan fingerprint density at radius 2 is 1.86 bits per heavy atom. The maximum Gasteiger partial charge on any atom is 0.0462 e. The summed E-state index contributed by atoms with van der Waals surface area (Å²) in [4.78, 5) is 0. The second kappa shape index (κ2) is 5.73. The third kappa shape index (κ3) is 3.17. The van der Waals surface area contributed by atoms with Crippen molar-refractivity contribution in [2.24, 2.45) is 23.6 Å². The first-order valence-electron chi connectivity index (χ1n) is 8.54. The van der Waals surface area contributed by atoms with Crippen LogP contribution in [0, 0.1) is 17.8 Å². The van der Waals surface area contributed by atoms with Crippen LogP contribution in [0.15, 0.2) is 24.3 Å². The molecular weight excluding hydrogens is 256 g/mol. The lowest BCUT2D eigenvalue weighted by molar-refractivity contribution is 0.280. The summed E-state index contributed by atoms with van der Waals surface area (Å²) in [5.74, 6) is 8.72. The summed E-state index contributed by atoms with van der Waals surface area (Å²) in [5.41, 5.74) is 6.01. The number of nitrogens with one attached hydrogen (secondary N) is 1. The van der Waals surface area contributed by atoms with Crippen molar-refractivity contribution in [3.05, 3.63) is 35.4 Å². The summed E-state index contributed by atoms with van der Waals surface area (Å²) >= 11 is 0. The maximum absolute atomic E-state index is 5.85. The van der Waals surface area contributed by atoms with Crippen molar-refractivity contribution in [3.8, 4) is 0 Å². The Labute approximate surface area is 129 Å². The molecule has 2 heteroatoms. The van der Waals surface area contributed by atoms with E-state index in [9.17, 15) is 0 Å². The van der Waals surface area contributed by atoms with E-state index in [4.69, 9.17) is 5.84 Å². The lowest BCUT2D eigenvalue weighted by atomic mass is 9.82. The lowest BCUT2D eigenvalue weighted by Crippen LogP contribution is -2.30. The Bertz CT molecular complexity index is 471. The molecule has 2 bridgehead atoms. The fourth-order valence-corrected chi connectivity index (χ4v) is 4.48. The van der Waals surface area contributed by atoms with Crippen LogP contribution in [0.2, 0.25) is 0 Å². The van der Waals surface area contributed by atoms with Crippen LogP contribution >= 0.6 is 0 Å². The fourth-order valence-electron chi connectivity index (χ4n) is 4.48. The molecule has 0 amide bonds. The number of benzene rings is 1. The number of fused-ring (bicyclic) bond motifs is 2. The first kappa shape index (κ1) is 15.1. The Hall–Kier alpha value is -0.860. The van der Waals surface area contributed by atoms with E-state index in [2.05, 4.69) is 50.5 Å². The highest BCUT2D eigenvalue weighted by molar-refractivity contribution is 5.29. The van der Waals surface area contributed by atoms with Crippen molar-refractivity contribution in [1.82, 2.24) is 5.43 Å². The molecule has 21 heavy (non-hydrogen) atoms. The van der Waals surface area contributed by atoms with E-state index in [1.54, 1.807) is 0 Å². The molecule has 0 saturated heterocycles. The molecule has 0 aromatic heterocycles. The minimum Gasteiger partial charge on any atom is -0.271 e. The highest BCUT2D eigenvalue weighted by Crippen LogP contribution is 2.50. The van der Waals surface area contributed by atoms with Crippen LogP contribution in [-0.2, 0) is 5.41 Å². The molecular formula is C19H30N2. The van der Waals surface area contributed by atoms with Crippen LogP contribution in [-0.4, -0.2) is 0 Å². The number of hydrogen-bond donors (Lipinski definition) is 2. The Morgan fingerprint density at radius 1 is 1.14 bits per heavy atom. The zero-order valence-electron chi connectivity index (χ0n) is 13.7. The van der Waals surface area contributed by atoms with Gasteiger partial charge in [-0.1, -0.05) is 51.5 Å². The number of hydrogen-bond acceptors (Lipinski definition) is 2. The predicted molar refractivity (Wildman–Crippen MR) is 88.8 cm³/mol. The fraction of sp³-hybridized carbons (Fsp3) is 0.684. The largest absolute Gasteiger partial charge is 0.271 e. The van der Waals surface area contributed by atoms with Crippen molar-refractivity contribution in [3.63, 3.8) is 0 Å². The van der Waals surface area contributed by atoms with Gasteiger partial charge in [0.2, 0.25) is 0 Å². The number of rotatable bonds is 4. The molecule has 0 radical (unpaired) electrons. The van der Waals surface area contributed by atoms with Crippen molar-refractivity contribution >= 4 is 0 Å². The lowest BCUT2D eigenvalue weighted by Gasteiger charge is -2.27. The van der Waals surface area contributed by atoms with E-state index in [0.717, 1.165) is 17.8 Å².